The first-order chi connectivity index (χ1) is 18.6. The third-order valence-corrected chi connectivity index (χ3v) is 9.81. The molecule has 2 spiro atoms. The van der Waals surface area contributed by atoms with E-state index in [1.165, 1.54) is 6.08 Å². The highest BCUT2D eigenvalue weighted by Gasteiger charge is 2.83. The van der Waals surface area contributed by atoms with E-state index >= 15 is 0 Å². The zero-order chi connectivity index (χ0) is 28.0. The van der Waals surface area contributed by atoms with Gasteiger partial charge in [0, 0.05) is 24.5 Å². The number of hydrogen-bond donors (Lipinski definition) is 3. The van der Waals surface area contributed by atoms with Crippen molar-refractivity contribution in [2.45, 2.75) is 88.7 Å². The molecule has 0 radical (unpaired) electrons. The molecular formula is C29H40O10. The first kappa shape index (κ1) is 28.4. The lowest BCUT2D eigenvalue weighted by molar-refractivity contribution is -0.235. The maximum absolute atomic E-state index is 13.1. The number of allylic oxidation sites excluding steroid dienone is 2. The number of epoxide rings is 1. The predicted octanol–water partition coefficient (Wildman–Crippen LogP) is 1.37. The molecule has 2 bridgehead atoms. The summed E-state index contributed by atoms with van der Waals surface area (Å²) in [7, 11) is 0. The highest BCUT2D eigenvalue weighted by atomic mass is 16.6. The molecule has 2 saturated heterocycles. The van der Waals surface area contributed by atoms with E-state index in [0.29, 0.717) is 32.3 Å². The smallest absolute Gasteiger partial charge is 0.335 e. The van der Waals surface area contributed by atoms with Gasteiger partial charge in [-0.2, -0.15) is 0 Å². The van der Waals surface area contributed by atoms with Gasteiger partial charge in [0.05, 0.1) is 36.9 Å². The van der Waals surface area contributed by atoms with E-state index < -0.39 is 64.8 Å². The maximum atomic E-state index is 13.1. The molecule has 0 aromatic rings. The zero-order valence-corrected chi connectivity index (χ0v) is 22.8. The summed E-state index contributed by atoms with van der Waals surface area (Å²) in [6, 6.07) is 0. The molecule has 39 heavy (non-hydrogen) atoms. The quantitative estimate of drug-likeness (QED) is 0.263. The Kier molecular flexibility index (Phi) is 7.82. The summed E-state index contributed by atoms with van der Waals surface area (Å²) in [5.41, 5.74) is -1.39. The molecule has 5 aliphatic rings. The van der Waals surface area contributed by atoms with E-state index in [1.807, 2.05) is 13.0 Å². The second-order valence-corrected chi connectivity index (χ2v) is 11.9. The van der Waals surface area contributed by atoms with Crippen molar-refractivity contribution in [2.24, 2.45) is 16.7 Å². The van der Waals surface area contributed by atoms with Gasteiger partial charge in [0.25, 0.3) is 0 Å². The van der Waals surface area contributed by atoms with Crippen LogP contribution in [0.25, 0.3) is 0 Å². The average Bonchev–Trinajstić information content (AvgIpc) is 3.69. The van der Waals surface area contributed by atoms with Gasteiger partial charge in [-0.15, -0.1) is 0 Å². The molecule has 5 rings (SSSR count). The number of aliphatic hydroxyl groups is 3. The number of carbonyl (C=O) groups is 2. The van der Waals surface area contributed by atoms with Crippen molar-refractivity contribution in [2.75, 3.05) is 26.4 Å². The second-order valence-electron chi connectivity index (χ2n) is 11.9. The Morgan fingerprint density at radius 2 is 1.95 bits per heavy atom. The molecule has 0 amide bonds. The first-order valence-corrected chi connectivity index (χ1v) is 13.9. The van der Waals surface area contributed by atoms with Crippen LogP contribution in [0.1, 0.15) is 46.5 Å². The van der Waals surface area contributed by atoms with Crippen LogP contribution < -0.4 is 0 Å². The van der Waals surface area contributed by atoms with E-state index in [4.69, 9.17) is 23.7 Å². The van der Waals surface area contributed by atoms with Crippen LogP contribution in [0.15, 0.2) is 36.0 Å². The van der Waals surface area contributed by atoms with E-state index in [2.05, 4.69) is 0 Å². The van der Waals surface area contributed by atoms with Crippen LogP contribution in [0.3, 0.4) is 0 Å². The van der Waals surface area contributed by atoms with Gasteiger partial charge in [-0.05, 0) is 37.7 Å². The van der Waals surface area contributed by atoms with Crippen LogP contribution in [0.5, 0.6) is 0 Å². The third kappa shape index (κ3) is 4.69. The van der Waals surface area contributed by atoms with Crippen LogP contribution in [-0.2, 0) is 33.3 Å². The summed E-state index contributed by atoms with van der Waals surface area (Å²) in [5.74, 6) is -1.72. The molecule has 10 heteroatoms. The zero-order valence-electron chi connectivity index (χ0n) is 22.8. The highest BCUT2D eigenvalue weighted by molar-refractivity contribution is 5.82. The molecule has 5 unspecified atom stereocenters. The third-order valence-electron chi connectivity index (χ3n) is 9.81. The van der Waals surface area contributed by atoms with Crippen LogP contribution in [0, 0.1) is 16.7 Å². The van der Waals surface area contributed by atoms with Gasteiger partial charge in [-0.25, -0.2) is 9.59 Å². The Bertz CT molecular complexity index is 1040. The fraction of sp³-hybridized carbons (Fsp3) is 0.724. The normalized spacial score (nSPS) is 47.1. The SMILES string of the molecule is CC(O)C1/C=C/C=C\C(=O)O[C@@H]2C[C@H]3O[C@@H]4C=C(CO)CC[C@]4(COC(=O)C(O)C(C)CCO1)[C@]2(C)C31CO1. The van der Waals surface area contributed by atoms with E-state index in [9.17, 15) is 24.9 Å². The maximum Gasteiger partial charge on any atom is 0.335 e. The van der Waals surface area contributed by atoms with E-state index in [1.54, 1.807) is 32.1 Å². The molecule has 3 heterocycles. The van der Waals surface area contributed by atoms with Crippen molar-refractivity contribution in [3.63, 3.8) is 0 Å². The fourth-order valence-electron chi connectivity index (χ4n) is 7.09. The minimum atomic E-state index is -1.37. The fourth-order valence-corrected chi connectivity index (χ4v) is 7.09. The number of cyclic esters (lactones) is 1. The van der Waals surface area contributed by atoms with Gasteiger partial charge in [0.15, 0.2) is 6.10 Å². The van der Waals surface area contributed by atoms with Crippen molar-refractivity contribution in [1.29, 1.82) is 0 Å². The Hall–Kier alpha value is -2.08. The molecule has 3 fully saturated rings. The van der Waals surface area contributed by atoms with Gasteiger partial charge in [0.1, 0.15) is 24.4 Å². The number of hydrogen-bond acceptors (Lipinski definition) is 10. The van der Waals surface area contributed by atoms with Crippen molar-refractivity contribution in [1.82, 2.24) is 0 Å². The molecule has 2 aliphatic carbocycles. The Morgan fingerprint density at radius 3 is 2.64 bits per heavy atom. The standard InChI is InChI=1S/C29H40O10/c1-17-9-11-35-20(18(2)31)6-4-5-7-24(32)39-21-13-23-29(16-37-29)27(21,3)28(15-36-26(34)25(17)33)10-8-19(14-30)12-22(28)38-23/h4-7,12,17-18,20-23,25,30-31,33H,8-11,13-16H2,1-3H3/b6-4+,7-5-/t17?,18?,20?,21-,22-,23-,25?,27-,28-,29?/m1/s1. The molecule has 0 aromatic heterocycles. The number of ether oxygens (including phenoxy) is 5. The monoisotopic (exact) mass is 548 g/mol. The van der Waals surface area contributed by atoms with E-state index in [-0.39, 0.29) is 25.9 Å². The summed E-state index contributed by atoms with van der Waals surface area (Å²) in [5, 5.41) is 30.7. The number of esters is 2. The summed E-state index contributed by atoms with van der Waals surface area (Å²) >= 11 is 0. The lowest BCUT2D eigenvalue weighted by atomic mass is 9.51. The Labute approximate surface area is 228 Å². The molecule has 216 valence electrons. The molecular weight excluding hydrogens is 508 g/mol. The predicted molar refractivity (Wildman–Crippen MR) is 137 cm³/mol. The molecule has 1 saturated carbocycles. The van der Waals surface area contributed by atoms with Crippen LogP contribution in [0.4, 0.5) is 0 Å². The number of rotatable bonds is 2. The summed E-state index contributed by atoms with van der Waals surface area (Å²) in [6.45, 7) is 5.87. The van der Waals surface area contributed by atoms with Crippen molar-refractivity contribution in [3.8, 4) is 0 Å². The Balaban J connectivity index is 1.51. The molecule has 3 aliphatic heterocycles. The van der Waals surface area contributed by atoms with Gasteiger partial charge in [-0.3, -0.25) is 0 Å². The molecule has 10 atom stereocenters. The van der Waals surface area contributed by atoms with Crippen LogP contribution in [0.2, 0.25) is 0 Å². The lowest BCUT2D eigenvalue weighted by Gasteiger charge is -2.58. The van der Waals surface area contributed by atoms with Crippen LogP contribution >= 0.6 is 0 Å². The van der Waals surface area contributed by atoms with Gasteiger partial charge in [-0.1, -0.05) is 38.2 Å². The first-order valence-electron chi connectivity index (χ1n) is 13.9. The largest absolute Gasteiger partial charge is 0.463 e. The number of carbonyl (C=O) groups excluding carboxylic acids is 2. The highest BCUT2D eigenvalue weighted by Crippen LogP contribution is 2.72. The Morgan fingerprint density at radius 1 is 1.18 bits per heavy atom. The summed E-state index contributed by atoms with van der Waals surface area (Å²) in [6.07, 6.45) is 5.77. The summed E-state index contributed by atoms with van der Waals surface area (Å²) < 4.78 is 30.3. The van der Waals surface area contributed by atoms with Gasteiger partial charge in [0.2, 0.25) is 0 Å². The lowest BCUT2D eigenvalue weighted by Crippen LogP contribution is -2.67. The average molecular weight is 549 g/mol. The number of aliphatic hydroxyl groups excluding tert-OH is 3. The molecule has 3 N–H and O–H groups in total. The summed E-state index contributed by atoms with van der Waals surface area (Å²) in [4.78, 5) is 26.1. The van der Waals surface area contributed by atoms with Gasteiger partial charge < -0.3 is 39.0 Å². The molecule has 0 aromatic carbocycles. The van der Waals surface area contributed by atoms with Gasteiger partial charge >= 0.3 is 11.9 Å². The van der Waals surface area contributed by atoms with Crippen LogP contribution in [-0.4, -0.2) is 95.9 Å². The van der Waals surface area contributed by atoms with Crippen molar-refractivity contribution < 1.29 is 48.6 Å². The minimum absolute atomic E-state index is 0.0585. The van der Waals surface area contributed by atoms with Crippen molar-refractivity contribution in [3.05, 3.63) is 36.0 Å². The topological polar surface area (TPSA) is 144 Å². The molecule has 10 nitrogen and oxygen atoms in total. The van der Waals surface area contributed by atoms with E-state index in [0.717, 1.165) is 5.57 Å². The second kappa shape index (κ2) is 10.7. The van der Waals surface area contributed by atoms with Crippen molar-refractivity contribution >= 4 is 11.9 Å². The minimum Gasteiger partial charge on any atom is -0.463 e.